The van der Waals surface area contributed by atoms with E-state index >= 15 is 0 Å². The third-order valence-corrected chi connectivity index (χ3v) is 5.60. The van der Waals surface area contributed by atoms with Crippen LogP contribution in [0, 0.1) is 11.8 Å². The summed E-state index contributed by atoms with van der Waals surface area (Å²) in [7, 11) is 0. The summed E-state index contributed by atoms with van der Waals surface area (Å²) in [6.45, 7) is 9.65. The molecular weight excluding hydrogens is 320 g/mol. The molecule has 0 fully saturated rings. The lowest BCUT2D eigenvalue weighted by molar-refractivity contribution is -0.145. The highest BCUT2D eigenvalue weighted by atomic mass is 16.5. The van der Waals surface area contributed by atoms with Crippen molar-refractivity contribution in [1.82, 2.24) is 0 Å². The van der Waals surface area contributed by atoms with Crippen LogP contribution in [-0.4, -0.2) is 12.6 Å². The van der Waals surface area contributed by atoms with E-state index in [0.29, 0.717) is 18.9 Å². The second-order valence-electron chi connectivity index (χ2n) is 8.52. The first-order valence-electron chi connectivity index (χ1n) is 11.8. The van der Waals surface area contributed by atoms with E-state index in [1.54, 1.807) is 0 Å². The van der Waals surface area contributed by atoms with Crippen molar-refractivity contribution in [1.29, 1.82) is 0 Å². The van der Waals surface area contributed by atoms with Crippen molar-refractivity contribution in [3.63, 3.8) is 0 Å². The van der Waals surface area contributed by atoms with Gasteiger partial charge in [0.2, 0.25) is 0 Å². The van der Waals surface area contributed by atoms with Gasteiger partial charge in [-0.3, -0.25) is 4.79 Å². The third-order valence-electron chi connectivity index (χ3n) is 5.60. The van der Waals surface area contributed by atoms with Crippen LogP contribution in [0.3, 0.4) is 0 Å². The molecule has 2 heteroatoms. The monoisotopic (exact) mass is 368 g/mol. The van der Waals surface area contributed by atoms with Gasteiger partial charge in [0.25, 0.3) is 0 Å². The lowest BCUT2D eigenvalue weighted by atomic mass is 9.97. The molecule has 0 amide bonds. The van der Waals surface area contributed by atoms with Gasteiger partial charge in [-0.05, 0) is 24.7 Å². The average molecular weight is 369 g/mol. The Morgan fingerprint density at radius 3 is 1.73 bits per heavy atom. The van der Waals surface area contributed by atoms with Crippen LogP contribution in [0.25, 0.3) is 0 Å². The zero-order chi connectivity index (χ0) is 19.5. The quantitative estimate of drug-likeness (QED) is 0.170. The molecule has 2 nitrogen and oxygen atoms in total. The van der Waals surface area contributed by atoms with Crippen molar-refractivity contribution < 1.29 is 9.53 Å². The molecule has 0 aromatic carbocycles. The van der Waals surface area contributed by atoms with Crippen LogP contribution in [0.1, 0.15) is 130 Å². The number of ether oxygens (including phenoxy) is 1. The first-order chi connectivity index (χ1) is 12.6. The molecule has 0 saturated heterocycles. The van der Waals surface area contributed by atoms with Gasteiger partial charge >= 0.3 is 5.97 Å². The van der Waals surface area contributed by atoms with Gasteiger partial charge < -0.3 is 4.74 Å². The molecule has 0 N–H and O–H groups in total. The molecule has 0 bridgehead atoms. The predicted molar refractivity (Wildman–Crippen MR) is 115 cm³/mol. The first-order valence-corrected chi connectivity index (χ1v) is 11.8. The number of carbonyl (C=O) groups is 1. The molecular formula is C24H48O2. The zero-order valence-corrected chi connectivity index (χ0v) is 18.5. The molecule has 2 atom stereocenters. The number of unbranched alkanes of at least 4 members (excludes halogenated alkanes) is 10. The lowest BCUT2D eigenvalue weighted by Gasteiger charge is -2.13. The normalized spacial score (nSPS) is 13.5. The Morgan fingerprint density at radius 2 is 1.19 bits per heavy atom. The minimum absolute atomic E-state index is 0.00898. The van der Waals surface area contributed by atoms with Gasteiger partial charge in [0.05, 0.1) is 6.61 Å². The number of esters is 1. The first kappa shape index (κ1) is 25.5. The van der Waals surface area contributed by atoms with E-state index in [9.17, 15) is 4.79 Å². The summed E-state index contributed by atoms with van der Waals surface area (Å²) in [4.78, 5) is 11.8. The maximum Gasteiger partial charge on any atom is 0.305 e. The third kappa shape index (κ3) is 18.3. The van der Waals surface area contributed by atoms with Gasteiger partial charge in [0, 0.05) is 6.42 Å². The van der Waals surface area contributed by atoms with Crippen molar-refractivity contribution in [3.05, 3.63) is 0 Å². The molecule has 0 saturated carbocycles. The maximum absolute atomic E-state index is 11.8. The van der Waals surface area contributed by atoms with Crippen LogP contribution in [0.5, 0.6) is 0 Å². The predicted octanol–water partition coefficient (Wildman–Crippen LogP) is 8.08. The van der Waals surface area contributed by atoms with Crippen LogP contribution < -0.4 is 0 Å². The fourth-order valence-electron chi connectivity index (χ4n) is 3.34. The molecule has 0 aliphatic heterocycles. The van der Waals surface area contributed by atoms with E-state index in [4.69, 9.17) is 4.74 Å². The number of carbonyl (C=O) groups excluding carboxylic acids is 1. The highest BCUT2D eigenvalue weighted by Gasteiger charge is 2.08. The second kappa shape index (κ2) is 19.2. The summed E-state index contributed by atoms with van der Waals surface area (Å²) in [6, 6.07) is 0. The number of hydrogen-bond donors (Lipinski definition) is 0. The molecule has 0 radical (unpaired) electrons. The van der Waals surface area contributed by atoms with E-state index < -0.39 is 0 Å². The van der Waals surface area contributed by atoms with Crippen molar-refractivity contribution in [2.45, 2.75) is 130 Å². The Hall–Kier alpha value is -0.530. The van der Waals surface area contributed by atoms with Gasteiger partial charge in [-0.25, -0.2) is 0 Å². The Balaban J connectivity index is 3.33. The summed E-state index contributed by atoms with van der Waals surface area (Å²) >= 11 is 0. The number of hydrogen-bond acceptors (Lipinski definition) is 2. The standard InChI is InChI=1S/C24H48O2/c1-5-7-8-9-10-11-12-13-14-15-16-20-24(25)26-21-23(4)19-17-18-22(3)6-2/h22-23H,5-21H2,1-4H3. The summed E-state index contributed by atoms with van der Waals surface area (Å²) in [5.74, 6) is 1.33. The SMILES string of the molecule is CCCCCCCCCCCCCC(=O)OCC(C)CCCC(C)CC. The van der Waals surface area contributed by atoms with Crippen LogP contribution in [0.2, 0.25) is 0 Å². The molecule has 0 rings (SSSR count). The topological polar surface area (TPSA) is 26.3 Å². The molecule has 0 spiro atoms. The van der Waals surface area contributed by atoms with Crippen LogP contribution in [-0.2, 0) is 9.53 Å². The Bertz CT molecular complexity index is 301. The minimum atomic E-state index is 0.00898. The summed E-state index contributed by atoms with van der Waals surface area (Å²) in [6.07, 6.45) is 20.1. The summed E-state index contributed by atoms with van der Waals surface area (Å²) in [5.41, 5.74) is 0. The van der Waals surface area contributed by atoms with Crippen LogP contribution >= 0.6 is 0 Å². The van der Waals surface area contributed by atoms with E-state index in [-0.39, 0.29) is 5.97 Å². The van der Waals surface area contributed by atoms with E-state index in [0.717, 1.165) is 12.3 Å². The second-order valence-corrected chi connectivity index (χ2v) is 8.52. The Kier molecular flexibility index (Phi) is 18.8. The van der Waals surface area contributed by atoms with Crippen molar-refractivity contribution in [2.24, 2.45) is 11.8 Å². The van der Waals surface area contributed by atoms with E-state index in [2.05, 4.69) is 27.7 Å². The summed E-state index contributed by atoms with van der Waals surface area (Å²) < 4.78 is 5.44. The molecule has 26 heavy (non-hydrogen) atoms. The van der Waals surface area contributed by atoms with Crippen molar-refractivity contribution in [3.8, 4) is 0 Å². The molecule has 0 heterocycles. The Morgan fingerprint density at radius 1 is 0.692 bits per heavy atom. The van der Waals surface area contributed by atoms with Crippen molar-refractivity contribution >= 4 is 5.97 Å². The van der Waals surface area contributed by atoms with E-state index in [1.165, 1.54) is 89.9 Å². The number of rotatable bonds is 19. The van der Waals surface area contributed by atoms with Gasteiger partial charge in [-0.15, -0.1) is 0 Å². The Labute approximate surface area is 164 Å². The van der Waals surface area contributed by atoms with Crippen LogP contribution in [0.15, 0.2) is 0 Å². The zero-order valence-electron chi connectivity index (χ0n) is 18.5. The lowest BCUT2D eigenvalue weighted by Crippen LogP contribution is -2.12. The largest absolute Gasteiger partial charge is 0.465 e. The highest BCUT2D eigenvalue weighted by Crippen LogP contribution is 2.16. The average Bonchev–Trinajstić information content (AvgIpc) is 2.64. The molecule has 0 aliphatic rings. The fraction of sp³-hybridized carbons (Fsp3) is 0.958. The molecule has 0 aromatic rings. The maximum atomic E-state index is 11.8. The smallest absolute Gasteiger partial charge is 0.305 e. The summed E-state index contributed by atoms with van der Waals surface area (Å²) in [5, 5.41) is 0. The van der Waals surface area contributed by atoms with Gasteiger partial charge in [-0.2, -0.15) is 0 Å². The molecule has 0 aliphatic carbocycles. The van der Waals surface area contributed by atoms with Crippen molar-refractivity contribution in [2.75, 3.05) is 6.61 Å². The molecule has 2 unspecified atom stereocenters. The highest BCUT2D eigenvalue weighted by molar-refractivity contribution is 5.69. The van der Waals surface area contributed by atoms with Gasteiger partial charge in [0.1, 0.15) is 0 Å². The minimum Gasteiger partial charge on any atom is -0.465 e. The van der Waals surface area contributed by atoms with Crippen LogP contribution in [0.4, 0.5) is 0 Å². The van der Waals surface area contributed by atoms with Gasteiger partial charge in [0.15, 0.2) is 0 Å². The van der Waals surface area contributed by atoms with E-state index in [1.807, 2.05) is 0 Å². The fourth-order valence-corrected chi connectivity index (χ4v) is 3.34. The molecule has 156 valence electrons. The van der Waals surface area contributed by atoms with Gasteiger partial charge in [-0.1, -0.05) is 111 Å². The molecule has 0 aromatic heterocycles.